The first-order chi connectivity index (χ1) is 9.99. The van der Waals surface area contributed by atoms with Crippen LogP contribution in [0.2, 0.25) is 0 Å². The van der Waals surface area contributed by atoms with Gasteiger partial charge in [0.05, 0.1) is 23.8 Å². The van der Waals surface area contributed by atoms with E-state index in [1.54, 1.807) is 12.3 Å². The fourth-order valence-corrected chi connectivity index (χ4v) is 1.91. The number of aryl methyl sites for hydroxylation is 1. The van der Waals surface area contributed by atoms with E-state index in [0.717, 1.165) is 0 Å². The number of anilines is 1. The average molecular weight is 291 g/mol. The third kappa shape index (κ3) is 3.71. The molecular formula is C14H17N3O4. The van der Waals surface area contributed by atoms with E-state index in [0.29, 0.717) is 29.7 Å². The number of rotatable bonds is 6. The van der Waals surface area contributed by atoms with E-state index >= 15 is 0 Å². The number of ether oxygens (including phenoxy) is 1. The number of nitrogens with zero attached hydrogens (tertiary/aromatic N) is 2. The highest BCUT2D eigenvalue weighted by Crippen LogP contribution is 2.28. The monoisotopic (exact) mass is 291 g/mol. The fourth-order valence-electron chi connectivity index (χ4n) is 1.91. The highest BCUT2D eigenvalue weighted by atomic mass is 16.6. The zero-order valence-corrected chi connectivity index (χ0v) is 12.1. The van der Waals surface area contributed by atoms with Gasteiger partial charge in [-0.15, -0.1) is 0 Å². The van der Waals surface area contributed by atoms with Crippen molar-refractivity contribution < 1.29 is 14.1 Å². The number of benzene rings is 1. The molecule has 2 aromatic rings. The van der Waals surface area contributed by atoms with E-state index < -0.39 is 4.92 Å². The summed E-state index contributed by atoms with van der Waals surface area (Å²) in [7, 11) is 0. The molecule has 7 nitrogen and oxygen atoms in total. The minimum absolute atomic E-state index is 0.0285. The Morgan fingerprint density at radius 2 is 2.24 bits per heavy atom. The molecule has 0 aliphatic rings. The number of non-ortho nitro benzene ring substituents is 1. The second-order valence-corrected chi connectivity index (χ2v) is 4.58. The first kappa shape index (κ1) is 14.8. The fraction of sp³-hybridized carbons (Fsp3) is 0.357. The van der Waals surface area contributed by atoms with Crippen molar-refractivity contribution in [1.29, 1.82) is 0 Å². The third-order valence-corrected chi connectivity index (χ3v) is 2.81. The Hall–Kier alpha value is -2.57. The van der Waals surface area contributed by atoms with Crippen LogP contribution >= 0.6 is 0 Å². The van der Waals surface area contributed by atoms with Crippen molar-refractivity contribution in [1.82, 2.24) is 4.98 Å². The summed E-state index contributed by atoms with van der Waals surface area (Å²) in [5, 5.41) is 14.1. The zero-order chi connectivity index (χ0) is 15.4. The van der Waals surface area contributed by atoms with Crippen LogP contribution in [-0.4, -0.2) is 16.5 Å². The van der Waals surface area contributed by atoms with Crippen LogP contribution in [-0.2, 0) is 0 Å². The lowest BCUT2D eigenvalue weighted by Gasteiger charge is -2.13. The molecule has 1 unspecified atom stereocenters. The largest absolute Gasteiger partial charge is 0.494 e. The number of oxazole rings is 1. The maximum atomic E-state index is 11.0. The quantitative estimate of drug-likeness (QED) is 0.647. The lowest BCUT2D eigenvalue weighted by molar-refractivity contribution is -0.384. The number of aromatic nitrogens is 1. The van der Waals surface area contributed by atoms with E-state index in [2.05, 4.69) is 10.3 Å². The Morgan fingerprint density at radius 3 is 2.81 bits per heavy atom. The summed E-state index contributed by atoms with van der Waals surface area (Å²) in [4.78, 5) is 14.6. The molecule has 0 amide bonds. The standard InChI is InChI=1S/C14H17N3O4/c1-4-20-13-6-11(5-12(7-13)17(18)19)16-10(3)14-15-8-9(2)21-14/h5-8,10,16H,4H2,1-3H3. The molecule has 0 saturated carbocycles. The Balaban J connectivity index is 2.23. The van der Waals surface area contributed by atoms with Gasteiger partial charge >= 0.3 is 0 Å². The van der Waals surface area contributed by atoms with Crippen LogP contribution in [0.1, 0.15) is 31.5 Å². The second kappa shape index (κ2) is 6.25. The van der Waals surface area contributed by atoms with Crippen LogP contribution in [0.3, 0.4) is 0 Å². The van der Waals surface area contributed by atoms with Crippen LogP contribution in [0.4, 0.5) is 11.4 Å². The van der Waals surface area contributed by atoms with E-state index in [1.807, 2.05) is 20.8 Å². The normalized spacial score (nSPS) is 12.0. The molecule has 1 aromatic carbocycles. The molecule has 21 heavy (non-hydrogen) atoms. The number of hydrogen-bond donors (Lipinski definition) is 1. The molecule has 0 saturated heterocycles. The smallest absolute Gasteiger partial charge is 0.275 e. The molecule has 0 fully saturated rings. The molecule has 1 heterocycles. The molecule has 0 spiro atoms. The van der Waals surface area contributed by atoms with Gasteiger partial charge in [0.1, 0.15) is 17.6 Å². The van der Waals surface area contributed by atoms with Gasteiger partial charge in [0.15, 0.2) is 0 Å². The van der Waals surface area contributed by atoms with Gasteiger partial charge in [0.25, 0.3) is 5.69 Å². The van der Waals surface area contributed by atoms with Crippen molar-refractivity contribution in [2.24, 2.45) is 0 Å². The van der Waals surface area contributed by atoms with Gasteiger partial charge in [-0.1, -0.05) is 0 Å². The molecule has 1 aromatic heterocycles. The van der Waals surface area contributed by atoms with Crippen LogP contribution < -0.4 is 10.1 Å². The molecule has 0 aliphatic heterocycles. The maximum absolute atomic E-state index is 11.0. The summed E-state index contributed by atoms with van der Waals surface area (Å²) in [5.41, 5.74) is 0.551. The first-order valence-electron chi connectivity index (χ1n) is 6.60. The molecule has 0 aliphatic carbocycles. The summed E-state index contributed by atoms with van der Waals surface area (Å²) in [6.07, 6.45) is 1.63. The number of nitro benzene ring substituents is 1. The van der Waals surface area contributed by atoms with Crippen molar-refractivity contribution in [3.8, 4) is 5.75 Å². The minimum Gasteiger partial charge on any atom is -0.494 e. The maximum Gasteiger partial charge on any atom is 0.275 e. The van der Waals surface area contributed by atoms with Crippen molar-refractivity contribution in [2.75, 3.05) is 11.9 Å². The van der Waals surface area contributed by atoms with E-state index in [-0.39, 0.29) is 11.7 Å². The van der Waals surface area contributed by atoms with Gasteiger partial charge in [0, 0.05) is 17.8 Å². The van der Waals surface area contributed by atoms with Crippen LogP contribution in [0.15, 0.2) is 28.8 Å². The average Bonchev–Trinajstić information content (AvgIpc) is 2.85. The summed E-state index contributed by atoms with van der Waals surface area (Å²) in [5.74, 6) is 1.69. The highest BCUT2D eigenvalue weighted by Gasteiger charge is 2.15. The Bertz CT molecular complexity index is 639. The first-order valence-corrected chi connectivity index (χ1v) is 6.60. The molecular weight excluding hydrogens is 274 g/mol. The molecule has 7 heteroatoms. The molecule has 2 rings (SSSR count). The topological polar surface area (TPSA) is 90.4 Å². The lowest BCUT2D eigenvalue weighted by atomic mass is 10.2. The highest BCUT2D eigenvalue weighted by molar-refractivity contribution is 5.57. The number of hydrogen-bond acceptors (Lipinski definition) is 6. The van der Waals surface area contributed by atoms with Gasteiger partial charge in [-0.3, -0.25) is 10.1 Å². The third-order valence-electron chi connectivity index (χ3n) is 2.81. The second-order valence-electron chi connectivity index (χ2n) is 4.58. The Labute approximate surface area is 122 Å². The number of nitrogens with one attached hydrogen (secondary N) is 1. The zero-order valence-electron chi connectivity index (χ0n) is 12.1. The SMILES string of the molecule is CCOc1cc(NC(C)c2ncc(C)o2)cc([N+](=O)[O-])c1. The van der Waals surface area contributed by atoms with Gasteiger partial charge in [-0.05, 0) is 20.8 Å². The molecule has 112 valence electrons. The summed E-state index contributed by atoms with van der Waals surface area (Å²) in [6.45, 7) is 5.94. The van der Waals surface area contributed by atoms with Crippen molar-refractivity contribution in [3.63, 3.8) is 0 Å². The molecule has 0 bridgehead atoms. The number of nitro groups is 1. The minimum atomic E-state index is -0.451. The van der Waals surface area contributed by atoms with Crippen molar-refractivity contribution >= 4 is 11.4 Å². The van der Waals surface area contributed by atoms with E-state index in [1.165, 1.54) is 12.1 Å². The van der Waals surface area contributed by atoms with Crippen LogP contribution in [0.25, 0.3) is 0 Å². The van der Waals surface area contributed by atoms with Gasteiger partial charge < -0.3 is 14.5 Å². The Morgan fingerprint density at radius 1 is 1.48 bits per heavy atom. The van der Waals surface area contributed by atoms with Crippen LogP contribution in [0, 0.1) is 17.0 Å². The van der Waals surface area contributed by atoms with Gasteiger partial charge in [-0.25, -0.2) is 4.98 Å². The summed E-state index contributed by atoms with van der Waals surface area (Å²) in [6, 6.07) is 4.35. The summed E-state index contributed by atoms with van der Waals surface area (Å²) >= 11 is 0. The van der Waals surface area contributed by atoms with Gasteiger partial charge in [-0.2, -0.15) is 0 Å². The van der Waals surface area contributed by atoms with Crippen molar-refractivity contribution in [2.45, 2.75) is 26.8 Å². The predicted octanol–water partition coefficient (Wildman–Crippen LogP) is 3.46. The van der Waals surface area contributed by atoms with Crippen LogP contribution in [0.5, 0.6) is 5.75 Å². The lowest BCUT2D eigenvalue weighted by Crippen LogP contribution is -2.07. The van der Waals surface area contributed by atoms with E-state index in [4.69, 9.17) is 9.15 Å². The molecule has 0 radical (unpaired) electrons. The summed E-state index contributed by atoms with van der Waals surface area (Å²) < 4.78 is 10.8. The van der Waals surface area contributed by atoms with Gasteiger partial charge in [0.2, 0.25) is 5.89 Å². The van der Waals surface area contributed by atoms with Crippen molar-refractivity contribution in [3.05, 3.63) is 46.2 Å². The molecule has 1 atom stereocenters. The van der Waals surface area contributed by atoms with E-state index in [9.17, 15) is 10.1 Å². The Kier molecular flexibility index (Phi) is 4.42. The molecule has 1 N–H and O–H groups in total. The predicted molar refractivity (Wildman–Crippen MR) is 77.5 cm³/mol.